The van der Waals surface area contributed by atoms with E-state index in [1.54, 1.807) is 13.8 Å². The Hall–Kier alpha value is -0.830. The number of rotatable bonds is 0. The van der Waals surface area contributed by atoms with E-state index in [-0.39, 0.29) is 16.4 Å². The molecule has 0 atom stereocenters. The normalized spacial score (nSPS) is 10.2. The molecule has 1 heterocycles. The lowest BCUT2D eigenvalue weighted by atomic mass is 10.2. The summed E-state index contributed by atoms with van der Waals surface area (Å²) in [5.41, 5.74) is 6.16. The molecule has 2 nitrogen and oxygen atoms in total. The average molecular weight is 175 g/mol. The second kappa shape index (κ2) is 2.66. The van der Waals surface area contributed by atoms with Crippen molar-refractivity contribution in [2.24, 2.45) is 0 Å². The van der Waals surface area contributed by atoms with E-state index in [4.69, 9.17) is 17.3 Å². The van der Waals surface area contributed by atoms with Gasteiger partial charge in [-0.25, -0.2) is 4.39 Å². The number of nitrogen functional groups attached to an aromatic ring is 1. The summed E-state index contributed by atoms with van der Waals surface area (Å²) in [6.07, 6.45) is 0. The Morgan fingerprint density at radius 3 is 2.45 bits per heavy atom. The smallest absolute Gasteiger partial charge is 0.168 e. The van der Waals surface area contributed by atoms with E-state index in [9.17, 15) is 4.39 Å². The van der Waals surface area contributed by atoms with Gasteiger partial charge in [0.2, 0.25) is 0 Å². The molecule has 0 aromatic carbocycles. The van der Waals surface area contributed by atoms with Crippen LogP contribution in [0.4, 0.5) is 10.1 Å². The molecule has 1 aromatic rings. The van der Waals surface area contributed by atoms with Gasteiger partial charge in [0, 0.05) is 0 Å². The Labute approximate surface area is 69.2 Å². The van der Waals surface area contributed by atoms with Gasteiger partial charge in [-0.05, 0) is 13.8 Å². The minimum Gasteiger partial charge on any atom is -0.395 e. The van der Waals surface area contributed by atoms with Gasteiger partial charge in [0.05, 0.1) is 22.1 Å². The summed E-state index contributed by atoms with van der Waals surface area (Å²) in [6, 6.07) is 0. The summed E-state index contributed by atoms with van der Waals surface area (Å²) in [5.74, 6) is -0.527. The van der Waals surface area contributed by atoms with Crippen molar-refractivity contribution in [3.8, 4) is 0 Å². The summed E-state index contributed by atoms with van der Waals surface area (Å²) in [7, 11) is 0. The van der Waals surface area contributed by atoms with Gasteiger partial charge in [-0.2, -0.15) is 0 Å². The number of hydrogen-bond acceptors (Lipinski definition) is 2. The largest absolute Gasteiger partial charge is 0.395 e. The van der Waals surface area contributed by atoms with Crippen molar-refractivity contribution < 1.29 is 4.39 Å². The summed E-state index contributed by atoms with van der Waals surface area (Å²) in [6.45, 7) is 3.24. The van der Waals surface area contributed by atoms with Crippen molar-refractivity contribution in [3.63, 3.8) is 0 Å². The molecular formula is C7H8ClFN2. The van der Waals surface area contributed by atoms with E-state index in [1.165, 1.54) is 0 Å². The number of aromatic nitrogens is 1. The maximum atomic E-state index is 12.9. The summed E-state index contributed by atoms with van der Waals surface area (Å²) in [5, 5.41) is 0.202. The fraction of sp³-hybridized carbons (Fsp3) is 0.286. The number of hydrogen-bond donors (Lipinski definition) is 1. The molecule has 0 amide bonds. The van der Waals surface area contributed by atoms with E-state index >= 15 is 0 Å². The Morgan fingerprint density at radius 1 is 1.36 bits per heavy atom. The molecule has 60 valence electrons. The number of anilines is 1. The average Bonchev–Trinajstić information content (AvgIpc) is 1.97. The van der Waals surface area contributed by atoms with E-state index in [0.29, 0.717) is 5.69 Å². The Kier molecular flexibility index (Phi) is 2.00. The Balaban J connectivity index is 3.46. The van der Waals surface area contributed by atoms with Crippen LogP contribution in [0.2, 0.25) is 5.02 Å². The fourth-order valence-electron chi connectivity index (χ4n) is 0.836. The molecule has 0 aliphatic carbocycles. The first-order valence-electron chi connectivity index (χ1n) is 3.11. The third kappa shape index (κ3) is 1.28. The predicted octanol–water partition coefficient (Wildman–Crippen LogP) is 2.07. The van der Waals surface area contributed by atoms with Crippen molar-refractivity contribution in [1.29, 1.82) is 0 Å². The first kappa shape index (κ1) is 8.27. The van der Waals surface area contributed by atoms with E-state index in [0.717, 1.165) is 0 Å². The van der Waals surface area contributed by atoms with Crippen LogP contribution in [0.5, 0.6) is 0 Å². The first-order chi connectivity index (χ1) is 5.04. The van der Waals surface area contributed by atoms with Gasteiger partial charge < -0.3 is 5.73 Å². The van der Waals surface area contributed by atoms with Gasteiger partial charge in [0.1, 0.15) is 0 Å². The maximum absolute atomic E-state index is 12.9. The van der Waals surface area contributed by atoms with Gasteiger partial charge in [0.15, 0.2) is 5.82 Å². The number of pyridine rings is 1. The molecule has 0 unspecified atom stereocenters. The van der Waals surface area contributed by atoms with Crippen molar-refractivity contribution in [2.45, 2.75) is 13.8 Å². The molecule has 0 bridgehead atoms. The zero-order chi connectivity index (χ0) is 8.59. The summed E-state index contributed by atoms with van der Waals surface area (Å²) in [4.78, 5) is 3.85. The topological polar surface area (TPSA) is 38.9 Å². The standard InChI is InChI=1S/C7H8ClFN2/c1-3-5(8)7(10)6(9)4(2)11-3/h1-2H3,(H2,10,11). The number of halogens is 2. The number of nitrogens with zero attached hydrogens (tertiary/aromatic N) is 1. The number of aryl methyl sites for hydroxylation is 2. The monoisotopic (exact) mass is 174 g/mol. The zero-order valence-corrected chi connectivity index (χ0v) is 7.04. The van der Waals surface area contributed by atoms with Crippen LogP contribution in [0, 0.1) is 19.7 Å². The predicted molar refractivity (Wildman–Crippen MR) is 43.1 cm³/mol. The third-order valence-corrected chi connectivity index (χ3v) is 1.92. The van der Waals surface area contributed by atoms with Crippen molar-refractivity contribution in [3.05, 3.63) is 22.2 Å². The van der Waals surface area contributed by atoms with Gasteiger partial charge in [0.25, 0.3) is 0 Å². The highest BCUT2D eigenvalue weighted by Crippen LogP contribution is 2.25. The Morgan fingerprint density at radius 2 is 1.91 bits per heavy atom. The molecular weight excluding hydrogens is 167 g/mol. The summed E-state index contributed by atoms with van der Waals surface area (Å²) < 4.78 is 12.9. The fourth-order valence-corrected chi connectivity index (χ4v) is 0.961. The zero-order valence-electron chi connectivity index (χ0n) is 6.28. The van der Waals surface area contributed by atoms with Gasteiger partial charge in [-0.1, -0.05) is 11.6 Å². The molecule has 0 aliphatic rings. The maximum Gasteiger partial charge on any atom is 0.168 e. The molecule has 4 heteroatoms. The highest BCUT2D eigenvalue weighted by molar-refractivity contribution is 6.33. The lowest BCUT2D eigenvalue weighted by Crippen LogP contribution is -2.00. The lowest BCUT2D eigenvalue weighted by Gasteiger charge is -2.04. The van der Waals surface area contributed by atoms with Crippen LogP contribution in [-0.2, 0) is 0 Å². The molecule has 0 spiro atoms. The molecule has 0 fully saturated rings. The van der Waals surface area contributed by atoms with Crippen LogP contribution in [0.1, 0.15) is 11.4 Å². The van der Waals surface area contributed by atoms with Crippen LogP contribution in [0.15, 0.2) is 0 Å². The van der Waals surface area contributed by atoms with Gasteiger partial charge in [-0.3, -0.25) is 4.98 Å². The Bertz CT molecular complexity index is 273. The van der Waals surface area contributed by atoms with E-state index in [2.05, 4.69) is 4.98 Å². The second-order valence-electron chi connectivity index (χ2n) is 2.32. The quantitative estimate of drug-likeness (QED) is 0.654. The third-order valence-electron chi connectivity index (χ3n) is 1.44. The van der Waals surface area contributed by atoms with Crippen molar-refractivity contribution in [1.82, 2.24) is 4.98 Å². The lowest BCUT2D eigenvalue weighted by molar-refractivity contribution is 0.613. The van der Waals surface area contributed by atoms with Crippen molar-refractivity contribution in [2.75, 3.05) is 5.73 Å². The summed E-state index contributed by atoms with van der Waals surface area (Å²) >= 11 is 5.63. The highest BCUT2D eigenvalue weighted by atomic mass is 35.5. The molecule has 2 N–H and O–H groups in total. The minimum atomic E-state index is -0.527. The number of nitrogens with two attached hydrogens (primary N) is 1. The van der Waals surface area contributed by atoms with Crippen LogP contribution < -0.4 is 5.73 Å². The van der Waals surface area contributed by atoms with Gasteiger partial charge >= 0.3 is 0 Å². The molecule has 0 radical (unpaired) electrons. The molecule has 11 heavy (non-hydrogen) atoms. The highest BCUT2D eigenvalue weighted by Gasteiger charge is 2.10. The molecule has 0 aliphatic heterocycles. The van der Waals surface area contributed by atoms with Crippen LogP contribution in [-0.4, -0.2) is 4.98 Å². The van der Waals surface area contributed by atoms with Gasteiger partial charge in [-0.15, -0.1) is 0 Å². The first-order valence-corrected chi connectivity index (χ1v) is 3.49. The minimum absolute atomic E-state index is 0.0170. The molecule has 0 saturated heterocycles. The van der Waals surface area contributed by atoms with E-state index in [1.807, 2.05) is 0 Å². The van der Waals surface area contributed by atoms with Crippen molar-refractivity contribution >= 4 is 17.3 Å². The van der Waals surface area contributed by atoms with E-state index < -0.39 is 5.82 Å². The van der Waals surface area contributed by atoms with Crippen LogP contribution in [0.25, 0.3) is 0 Å². The molecule has 1 rings (SSSR count). The van der Waals surface area contributed by atoms with Crippen LogP contribution >= 0.6 is 11.6 Å². The molecule has 0 saturated carbocycles. The van der Waals surface area contributed by atoms with Crippen LogP contribution in [0.3, 0.4) is 0 Å². The SMILES string of the molecule is Cc1nc(C)c(Cl)c(N)c1F. The second-order valence-corrected chi connectivity index (χ2v) is 2.70. The molecule has 1 aromatic heterocycles.